The Bertz CT molecular complexity index is 411. The van der Waals surface area contributed by atoms with Crippen molar-refractivity contribution in [1.29, 1.82) is 5.26 Å². The SMILES string of the molecule is N#Cc1c(Cl)ccc(C(N)=O)c1F. The van der Waals surface area contributed by atoms with Gasteiger partial charge in [-0.2, -0.15) is 5.26 Å². The minimum Gasteiger partial charge on any atom is -0.366 e. The molecule has 66 valence electrons. The highest BCUT2D eigenvalue weighted by atomic mass is 35.5. The molecule has 1 aromatic carbocycles. The van der Waals surface area contributed by atoms with E-state index in [0.29, 0.717) is 0 Å². The van der Waals surface area contributed by atoms with Crippen LogP contribution in [0.4, 0.5) is 4.39 Å². The topological polar surface area (TPSA) is 66.9 Å². The molecule has 0 bridgehead atoms. The van der Waals surface area contributed by atoms with Crippen LogP contribution in [0.1, 0.15) is 15.9 Å². The lowest BCUT2D eigenvalue weighted by molar-refractivity contribution is 0.0996. The maximum absolute atomic E-state index is 13.2. The van der Waals surface area contributed by atoms with Gasteiger partial charge in [0.05, 0.1) is 10.6 Å². The first-order chi connectivity index (χ1) is 6.07. The number of halogens is 2. The lowest BCUT2D eigenvalue weighted by Gasteiger charge is -2.00. The molecule has 0 heterocycles. The summed E-state index contributed by atoms with van der Waals surface area (Å²) in [6.07, 6.45) is 0. The zero-order valence-electron chi connectivity index (χ0n) is 6.34. The fourth-order valence-corrected chi connectivity index (χ4v) is 1.03. The maximum Gasteiger partial charge on any atom is 0.251 e. The Morgan fingerprint density at radius 2 is 2.23 bits per heavy atom. The van der Waals surface area contributed by atoms with E-state index < -0.39 is 11.7 Å². The third-order valence-electron chi connectivity index (χ3n) is 1.47. The highest BCUT2D eigenvalue weighted by Gasteiger charge is 2.14. The molecular weight excluding hydrogens is 195 g/mol. The van der Waals surface area contributed by atoms with Gasteiger partial charge in [0.15, 0.2) is 5.82 Å². The van der Waals surface area contributed by atoms with Crippen molar-refractivity contribution >= 4 is 17.5 Å². The monoisotopic (exact) mass is 198 g/mol. The van der Waals surface area contributed by atoms with Gasteiger partial charge in [0.1, 0.15) is 11.6 Å². The molecule has 0 aliphatic rings. The lowest BCUT2D eigenvalue weighted by atomic mass is 10.1. The number of primary amides is 1. The van der Waals surface area contributed by atoms with E-state index in [4.69, 9.17) is 22.6 Å². The van der Waals surface area contributed by atoms with Crippen LogP contribution < -0.4 is 5.73 Å². The van der Waals surface area contributed by atoms with Gasteiger partial charge < -0.3 is 5.73 Å². The number of hydrogen-bond acceptors (Lipinski definition) is 2. The summed E-state index contributed by atoms with van der Waals surface area (Å²) in [7, 11) is 0. The van der Waals surface area contributed by atoms with Crippen molar-refractivity contribution in [2.75, 3.05) is 0 Å². The molecule has 0 saturated carbocycles. The largest absolute Gasteiger partial charge is 0.366 e. The Kier molecular flexibility index (Phi) is 2.49. The van der Waals surface area contributed by atoms with Gasteiger partial charge in [-0.3, -0.25) is 4.79 Å². The van der Waals surface area contributed by atoms with Crippen LogP contribution in [0, 0.1) is 17.1 Å². The first-order valence-corrected chi connectivity index (χ1v) is 3.63. The summed E-state index contributed by atoms with van der Waals surface area (Å²) in [5.41, 5.74) is 4.16. The number of amides is 1. The van der Waals surface area contributed by atoms with Gasteiger partial charge in [0.2, 0.25) is 0 Å². The summed E-state index contributed by atoms with van der Waals surface area (Å²) < 4.78 is 13.2. The number of nitrogens with two attached hydrogens (primary N) is 1. The molecule has 1 rings (SSSR count). The van der Waals surface area contributed by atoms with E-state index in [1.807, 2.05) is 0 Å². The zero-order chi connectivity index (χ0) is 10.0. The molecule has 0 spiro atoms. The van der Waals surface area contributed by atoms with E-state index >= 15 is 0 Å². The second-order valence-corrected chi connectivity index (χ2v) is 2.67. The summed E-state index contributed by atoms with van der Waals surface area (Å²) >= 11 is 5.49. The normalized spacial score (nSPS) is 9.31. The molecule has 0 saturated heterocycles. The van der Waals surface area contributed by atoms with Gasteiger partial charge in [-0.25, -0.2) is 4.39 Å². The molecule has 0 radical (unpaired) electrons. The van der Waals surface area contributed by atoms with E-state index in [1.54, 1.807) is 6.07 Å². The zero-order valence-corrected chi connectivity index (χ0v) is 7.10. The summed E-state index contributed by atoms with van der Waals surface area (Å²) in [5.74, 6) is -1.90. The molecule has 0 fully saturated rings. The molecule has 13 heavy (non-hydrogen) atoms. The third-order valence-corrected chi connectivity index (χ3v) is 1.78. The second-order valence-electron chi connectivity index (χ2n) is 2.26. The van der Waals surface area contributed by atoms with E-state index in [0.717, 1.165) is 6.07 Å². The summed E-state index contributed by atoms with van der Waals surface area (Å²) in [5, 5.41) is 8.44. The van der Waals surface area contributed by atoms with Crippen molar-refractivity contribution in [3.05, 3.63) is 34.1 Å². The summed E-state index contributed by atoms with van der Waals surface area (Å²) in [6, 6.07) is 3.94. The molecule has 0 aliphatic carbocycles. The first-order valence-electron chi connectivity index (χ1n) is 3.26. The standard InChI is InChI=1S/C8H4ClFN2O/c9-6-2-1-4(8(12)13)7(10)5(6)3-11/h1-2H,(H2,12,13). The van der Waals surface area contributed by atoms with E-state index in [-0.39, 0.29) is 16.1 Å². The molecule has 2 N–H and O–H groups in total. The molecule has 5 heteroatoms. The Hall–Kier alpha value is -1.60. The van der Waals surface area contributed by atoms with Crippen molar-refractivity contribution in [2.45, 2.75) is 0 Å². The number of rotatable bonds is 1. The quantitative estimate of drug-likeness (QED) is 0.742. The molecule has 0 aromatic heterocycles. The molecule has 0 unspecified atom stereocenters. The van der Waals surface area contributed by atoms with E-state index in [1.165, 1.54) is 6.07 Å². The van der Waals surface area contributed by atoms with Gasteiger partial charge >= 0.3 is 0 Å². The molecule has 0 atom stereocenters. The van der Waals surface area contributed by atoms with Crippen LogP contribution in [0.5, 0.6) is 0 Å². The number of hydrogen-bond donors (Lipinski definition) is 1. The van der Waals surface area contributed by atoms with Crippen LogP contribution in [0.3, 0.4) is 0 Å². The Labute approximate surface area is 78.5 Å². The minimum atomic E-state index is -0.970. The van der Waals surface area contributed by atoms with Gasteiger partial charge in [0.25, 0.3) is 5.91 Å². The van der Waals surface area contributed by atoms with Gasteiger partial charge in [-0.15, -0.1) is 0 Å². The van der Waals surface area contributed by atoms with Gasteiger partial charge in [0, 0.05) is 0 Å². The van der Waals surface area contributed by atoms with Crippen molar-refractivity contribution in [1.82, 2.24) is 0 Å². The maximum atomic E-state index is 13.2. The Morgan fingerprint density at radius 1 is 1.62 bits per heavy atom. The average molecular weight is 199 g/mol. The number of carbonyl (C=O) groups excluding carboxylic acids is 1. The van der Waals surface area contributed by atoms with Crippen molar-refractivity contribution in [2.24, 2.45) is 5.73 Å². The molecule has 1 amide bonds. The van der Waals surface area contributed by atoms with Gasteiger partial charge in [-0.1, -0.05) is 11.6 Å². The van der Waals surface area contributed by atoms with Crippen molar-refractivity contribution in [3.8, 4) is 6.07 Å². The highest BCUT2D eigenvalue weighted by Crippen LogP contribution is 2.20. The third kappa shape index (κ3) is 1.60. The number of benzene rings is 1. The van der Waals surface area contributed by atoms with Crippen LogP contribution in [0.15, 0.2) is 12.1 Å². The minimum absolute atomic E-state index is 0.0370. The molecule has 1 aromatic rings. The smallest absolute Gasteiger partial charge is 0.251 e. The van der Waals surface area contributed by atoms with Gasteiger partial charge in [-0.05, 0) is 12.1 Å². The van der Waals surface area contributed by atoms with E-state index in [9.17, 15) is 9.18 Å². The van der Waals surface area contributed by atoms with Crippen molar-refractivity contribution < 1.29 is 9.18 Å². The van der Waals surface area contributed by atoms with Crippen LogP contribution in [0.2, 0.25) is 5.02 Å². The predicted octanol–water partition coefficient (Wildman–Crippen LogP) is 1.45. The van der Waals surface area contributed by atoms with E-state index in [2.05, 4.69) is 0 Å². The van der Waals surface area contributed by atoms with Crippen molar-refractivity contribution in [3.63, 3.8) is 0 Å². The lowest BCUT2D eigenvalue weighted by Crippen LogP contribution is -2.13. The predicted molar refractivity (Wildman–Crippen MR) is 44.6 cm³/mol. The fraction of sp³-hybridized carbons (Fsp3) is 0. The molecular formula is C8H4ClFN2O. The Balaban J connectivity index is 3.47. The number of nitriles is 1. The van der Waals surface area contributed by atoms with Crippen LogP contribution in [-0.2, 0) is 0 Å². The Morgan fingerprint density at radius 3 is 2.69 bits per heavy atom. The fourth-order valence-electron chi connectivity index (χ4n) is 0.845. The summed E-state index contributed by atoms with van der Waals surface area (Å²) in [6.45, 7) is 0. The number of nitrogens with zero attached hydrogens (tertiary/aromatic N) is 1. The molecule has 3 nitrogen and oxygen atoms in total. The summed E-state index contributed by atoms with van der Waals surface area (Å²) in [4.78, 5) is 10.6. The highest BCUT2D eigenvalue weighted by molar-refractivity contribution is 6.31. The second kappa shape index (κ2) is 3.42. The number of carbonyl (C=O) groups is 1. The first kappa shape index (κ1) is 9.49. The average Bonchev–Trinajstić information content (AvgIpc) is 2.04. The van der Waals surface area contributed by atoms with Crippen LogP contribution in [0.25, 0.3) is 0 Å². The van der Waals surface area contributed by atoms with Crippen LogP contribution >= 0.6 is 11.6 Å². The van der Waals surface area contributed by atoms with Crippen LogP contribution in [-0.4, -0.2) is 5.91 Å². The molecule has 0 aliphatic heterocycles.